The van der Waals surface area contributed by atoms with Gasteiger partial charge in [-0.25, -0.2) is 17.9 Å². The van der Waals surface area contributed by atoms with Crippen LogP contribution in [0.3, 0.4) is 0 Å². The summed E-state index contributed by atoms with van der Waals surface area (Å²) in [4.78, 5) is 12.1. The fraction of sp³-hybridized carbons (Fsp3) is 0.412. The van der Waals surface area contributed by atoms with Crippen molar-refractivity contribution >= 4 is 26.8 Å². The van der Waals surface area contributed by atoms with E-state index in [9.17, 15) is 26.4 Å². The molecule has 47 heavy (non-hydrogen) atoms. The maximum Gasteiger partial charge on any atom is 0.573 e. The molecule has 3 saturated carbocycles. The number of alkyl halides is 3. The van der Waals surface area contributed by atoms with Gasteiger partial charge in [-0.15, -0.1) is 13.2 Å². The van der Waals surface area contributed by atoms with Crippen LogP contribution < -0.4 is 9.46 Å². The summed E-state index contributed by atoms with van der Waals surface area (Å²) >= 11 is 0. The van der Waals surface area contributed by atoms with E-state index in [-0.39, 0.29) is 58.4 Å². The highest BCUT2D eigenvalue weighted by molar-refractivity contribution is 7.89. The van der Waals surface area contributed by atoms with Crippen LogP contribution in [0, 0.1) is 11.8 Å². The van der Waals surface area contributed by atoms with Crippen LogP contribution >= 0.6 is 0 Å². The number of rotatable bonds is 10. The highest BCUT2D eigenvalue weighted by Crippen LogP contribution is 2.47. The smallest absolute Gasteiger partial charge is 0.465 e. The molecule has 2 bridgehead atoms. The molecule has 13 heteroatoms. The van der Waals surface area contributed by atoms with Gasteiger partial charge in [-0.3, -0.25) is 0 Å². The lowest BCUT2D eigenvalue weighted by molar-refractivity contribution is -0.274. The van der Waals surface area contributed by atoms with Gasteiger partial charge in [0.1, 0.15) is 17.2 Å². The van der Waals surface area contributed by atoms with E-state index in [2.05, 4.69) is 14.6 Å². The molecule has 9 nitrogen and oxygen atoms in total. The molecule has 1 aromatic heterocycles. The summed E-state index contributed by atoms with van der Waals surface area (Å²) in [5.74, 6) is 0.0179. The van der Waals surface area contributed by atoms with E-state index in [4.69, 9.17) is 14.0 Å². The first-order valence-corrected chi connectivity index (χ1v) is 17.1. The van der Waals surface area contributed by atoms with Gasteiger partial charge in [-0.05, 0) is 86.1 Å². The van der Waals surface area contributed by atoms with Gasteiger partial charge < -0.3 is 18.7 Å². The molecule has 248 valence electrons. The third-order valence-electron chi connectivity index (χ3n) is 9.50. The Morgan fingerprint density at radius 2 is 1.74 bits per heavy atom. The standard InChI is InChI=1S/C34H33F3N2O7S/c1-43-33(40)23-13-14-25-20(15-23)5-4-8-29(25)47(41,42)39-30-21-11-12-22(30)17-24(16-21)44-18-27-31(38-46-32(27)19-9-10-19)26-6-2-3-7-28(26)45-34(35,36)37/h2-8,13-15,19,21-22,24,30,39H,9-12,16-18H2,1H3/t21-,22+,24+,30-. The van der Waals surface area contributed by atoms with Gasteiger partial charge in [0.25, 0.3) is 0 Å². The minimum absolute atomic E-state index is 0.0557. The number of hydrogen-bond donors (Lipinski definition) is 1. The van der Waals surface area contributed by atoms with Crippen LogP contribution in [0.4, 0.5) is 13.2 Å². The van der Waals surface area contributed by atoms with Crippen LogP contribution in [0.25, 0.3) is 22.0 Å². The molecular formula is C34H33F3N2O7S. The van der Waals surface area contributed by atoms with E-state index in [1.165, 1.54) is 25.3 Å². The number of methoxy groups -OCH3 is 1. The Kier molecular flexibility index (Phi) is 8.25. The Hall–Kier alpha value is -3.94. The number of ether oxygens (including phenoxy) is 3. The number of benzene rings is 3. The Morgan fingerprint density at radius 1 is 1.00 bits per heavy atom. The Bertz CT molecular complexity index is 1910. The van der Waals surface area contributed by atoms with Gasteiger partial charge in [0.15, 0.2) is 0 Å². The number of aromatic nitrogens is 1. The molecule has 1 N–H and O–H groups in total. The fourth-order valence-electron chi connectivity index (χ4n) is 7.19. The molecule has 0 amide bonds. The molecule has 4 aromatic rings. The van der Waals surface area contributed by atoms with Crippen LogP contribution in [-0.4, -0.2) is 45.2 Å². The second-order valence-corrected chi connectivity index (χ2v) is 14.2. The first-order valence-electron chi connectivity index (χ1n) is 15.6. The molecule has 7 rings (SSSR count). The molecule has 0 radical (unpaired) electrons. The number of nitrogens with zero attached hydrogens (tertiary/aromatic N) is 1. The molecule has 3 fully saturated rings. The summed E-state index contributed by atoms with van der Waals surface area (Å²) in [6.45, 7) is 0.106. The molecule has 3 aliphatic carbocycles. The normalized spacial score (nSPS) is 22.8. The number of sulfonamides is 1. The van der Waals surface area contributed by atoms with Crippen molar-refractivity contribution in [2.75, 3.05) is 7.11 Å². The predicted molar refractivity (Wildman–Crippen MR) is 164 cm³/mol. The summed E-state index contributed by atoms with van der Waals surface area (Å²) in [6.07, 6.45) is -0.255. The van der Waals surface area contributed by atoms with E-state index < -0.39 is 22.4 Å². The highest BCUT2D eigenvalue weighted by atomic mass is 32.2. The molecule has 3 aromatic carbocycles. The van der Waals surface area contributed by atoms with Gasteiger partial charge in [-0.1, -0.05) is 35.5 Å². The SMILES string of the molecule is COC(=O)c1ccc2c(S(=O)(=O)N[C@@H]3[C@@H]4CC[C@H]3C[C@@H](OCc3c(-c5ccccc5OC(F)(F)F)noc3C3CC3)C4)cccc2c1. The number of halogens is 3. The monoisotopic (exact) mass is 670 g/mol. The third-order valence-corrected chi connectivity index (χ3v) is 11.0. The van der Waals surface area contributed by atoms with Crippen LogP contribution in [0.15, 0.2) is 70.1 Å². The minimum atomic E-state index is -4.86. The zero-order chi connectivity index (χ0) is 32.9. The molecule has 0 unspecified atom stereocenters. The molecule has 1 heterocycles. The lowest BCUT2D eigenvalue weighted by Gasteiger charge is -2.35. The van der Waals surface area contributed by atoms with E-state index in [1.54, 1.807) is 42.5 Å². The molecule has 0 aliphatic heterocycles. The number of carbonyl (C=O) groups is 1. The summed E-state index contributed by atoms with van der Waals surface area (Å²) in [7, 11) is -2.61. The average Bonchev–Trinajstić information content (AvgIpc) is 3.76. The Morgan fingerprint density at radius 3 is 2.45 bits per heavy atom. The number of fused-ring (bicyclic) bond motifs is 3. The van der Waals surface area contributed by atoms with Gasteiger partial charge in [-0.2, -0.15) is 0 Å². The van der Waals surface area contributed by atoms with Gasteiger partial charge in [0.05, 0.1) is 30.3 Å². The Labute approximate surface area is 269 Å². The summed E-state index contributed by atoms with van der Waals surface area (Å²) < 4.78 is 91.1. The predicted octanol–water partition coefficient (Wildman–Crippen LogP) is 7.11. The number of hydrogen-bond acceptors (Lipinski definition) is 8. The summed E-state index contributed by atoms with van der Waals surface area (Å²) in [5.41, 5.74) is 1.39. The van der Waals surface area contributed by atoms with Crippen molar-refractivity contribution in [2.45, 2.75) is 74.5 Å². The van der Waals surface area contributed by atoms with Crippen molar-refractivity contribution in [1.29, 1.82) is 0 Å². The van der Waals surface area contributed by atoms with Crippen molar-refractivity contribution in [1.82, 2.24) is 9.88 Å². The topological polar surface area (TPSA) is 117 Å². The lowest BCUT2D eigenvalue weighted by Crippen LogP contribution is -2.46. The van der Waals surface area contributed by atoms with E-state index in [0.717, 1.165) is 25.7 Å². The highest BCUT2D eigenvalue weighted by Gasteiger charge is 2.45. The Balaban J connectivity index is 1.07. The first kappa shape index (κ1) is 31.6. The second-order valence-electron chi connectivity index (χ2n) is 12.5. The van der Waals surface area contributed by atoms with Crippen LogP contribution in [0.5, 0.6) is 5.75 Å². The maximum atomic E-state index is 13.7. The largest absolute Gasteiger partial charge is 0.573 e. The van der Waals surface area contributed by atoms with Crippen LogP contribution in [-0.2, 0) is 26.1 Å². The van der Waals surface area contributed by atoms with E-state index in [0.29, 0.717) is 40.5 Å². The molecule has 0 saturated heterocycles. The minimum Gasteiger partial charge on any atom is -0.465 e. The van der Waals surface area contributed by atoms with Crippen molar-refractivity contribution in [3.63, 3.8) is 0 Å². The summed E-state index contributed by atoms with van der Waals surface area (Å²) in [5, 5.41) is 5.29. The van der Waals surface area contributed by atoms with Gasteiger partial charge in [0, 0.05) is 28.5 Å². The van der Waals surface area contributed by atoms with Crippen molar-refractivity contribution in [3.8, 4) is 17.0 Å². The number of nitrogens with one attached hydrogen (secondary N) is 1. The van der Waals surface area contributed by atoms with Crippen molar-refractivity contribution < 1.29 is 45.1 Å². The zero-order valence-corrected chi connectivity index (χ0v) is 26.3. The van der Waals surface area contributed by atoms with Crippen molar-refractivity contribution in [2.24, 2.45) is 11.8 Å². The average molecular weight is 671 g/mol. The van der Waals surface area contributed by atoms with Gasteiger partial charge in [0.2, 0.25) is 10.0 Å². The number of esters is 1. The van der Waals surface area contributed by atoms with Gasteiger partial charge >= 0.3 is 12.3 Å². The quantitative estimate of drug-likeness (QED) is 0.178. The maximum absolute atomic E-state index is 13.7. The molecular weight excluding hydrogens is 637 g/mol. The number of carbonyl (C=O) groups excluding carboxylic acids is 1. The summed E-state index contributed by atoms with van der Waals surface area (Å²) in [6, 6.07) is 15.3. The lowest BCUT2D eigenvalue weighted by atomic mass is 9.83. The van der Waals surface area contributed by atoms with Crippen molar-refractivity contribution in [3.05, 3.63) is 77.6 Å². The number of para-hydroxylation sites is 1. The molecule has 3 aliphatic rings. The first-order chi connectivity index (χ1) is 22.5. The fourth-order valence-corrected chi connectivity index (χ4v) is 8.80. The molecule has 0 spiro atoms. The molecule has 4 atom stereocenters. The second kappa shape index (κ2) is 12.3. The van der Waals surface area contributed by atoms with E-state index in [1.807, 2.05) is 0 Å². The van der Waals surface area contributed by atoms with Crippen LogP contribution in [0.1, 0.15) is 66.1 Å². The van der Waals surface area contributed by atoms with Crippen LogP contribution in [0.2, 0.25) is 0 Å². The zero-order valence-electron chi connectivity index (χ0n) is 25.5. The third kappa shape index (κ3) is 6.48. The van der Waals surface area contributed by atoms with E-state index >= 15 is 0 Å².